The summed E-state index contributed by atoms with van der Waals surface area (Å²) in [5.41, 5.74) is 2.11. The van der Waals surface area contributed by atoms with Gasteiger partial charge in [0.1, 0.15) is 0 Å². The summed E-state index contributed by atoms with van der Waals surface area (Å²) < 4.78 is 0. The molecule has 2 aromatic rings. The number of benzene rings is 1. The number of nitrogens with one attached hydrogen (secondary N) is 1. The van der Waals surface area contributed by atoms with Gasteiger partial charge in [0.05, 0.1) is 17.3 Å². The molecule has 2 nitrogen and oxygen atoms in total. The van der Waals surface area contributed by atoms with Crippen molar-refractivity contribution in [3.8, 4) is 11.8 Å². The summed E-state index contributed by atoms with van der Waals surface area (Å²) in [4.78, 5) is 4.72. The molecule has 1 heterocycles. The summed E-state index contributed by atoms with van der Waals surface area (Å²) in [5.74, 6) is 6.07. The van der Waals surface area contributed by atoms with E-state index < -0.39 is 0 Å². The van der Waals surface area contributed by atoms with E-state index in [0.29, 0.717) is 0 Å². The number of nitrogens with zero attached hydrogens (tertiary/aromatic N) is 1. The van der Waals surface area contributed by atoms with Crippen molar-refractivity contribution in [2.75, 3.05) is 6.54 Å². The van der Waals surface area contributed by atoms with Gasteiger partial charge >= 0.3 is 0 Å². The Morgan fingerprint density at radius 3 is 2.83 bits per heavy atom. The molecule has 0 amide bonds. The molecule has 0 aliphatic rings. The molecular formula is C16H18N2. The quantitative estimate of drug-likeness (QED) is 0.827. The van der Waals surface area contributed by atoms with Crippen LogP contribution in [0.4, 0.5) is 0 Å². The Kier molecular flexibility index (Phi) is 4.33. The Balaban J connectivity index is 2.33. The average molecular weight is 238 g/mol. The van der Waals surface area contributed by atoms with E-state index in [1.54, 1.807) is 0 Å². The van der Waals surface area contributed by atoms with Gasteiger partial charge in [-0.25, -0.2) is 0 Å². The first-order valence-electron chi connectivity index (χ1n) is 6.34. The fourth-order valence-electron chi connectivity index (χ4n) is 2.01. The third-order valence-corrected chi connectivity index (χ3v) is 2.91. The first-order valence-corrected chi connectivity index (χ1v) is 6.34. The summed E-state index contributed by atoms with van der Waals surface area (Å²) in [5, 5.41) is 4.61. The number of aromatic nitrogens is 1. The smallest absolute Gasteiger partial charge is 0.0706 e. The lowest BCUT2D eigenvalue weighted by Crippen LogP contribution is -2.21. The van der Waals surface area contributed by atoms with Gasteiger partial charge in [-0.1, -0.05) is 31.2 Å². The Morgan fingerprint density at radius 1 is 1.22 bits per heavy atom. The van der Waals surface area contributed by atoms with Crippen LogP contribution in [0.25, 0.3) is 10.9 Å². The van der Waals surface area contributed by atoms with E-state index in [-0.39, 0.29) is 6.04 Å². The van der Waals surface area contributed by atoms with Crippen LogP contribution >= 0.6 is 0 Å². The maximum atomic E-state index is 4.72. The van der Waals surface area contributed by atoms with Crippen molar-refractivity contribution in [2.45, 2.75) is 26.3 Å². The maximum Gasteiger partial charge on any atom is 0.0706 e. The van der Waals surface area contributed by atoms with Crippen LogP contribution in [0.2, 0.25) is 0 Å². The highest BCUT2D eigenvalue weighted by Gasteiger charge is 2.10. The minimum absolute atomic E-state index is 0.215. The van der Waals surface area contributed by atoms with Gasteiger partial charge in [0, 0.05) is 11.8 Å². The zero-order valence-corrected chi connectivity index (χ0v) is 10.9. The van der Waals surface area contributed by atoms with Crippen LogP contribution in [0.5, 0.6) is 0 Å². The van der Waals surface area contributed by atoms with Crippen LogP contribution < -0.4 is 5.32 Å². The number of pyridine rings is 1. The van der Waals surface area contributed by atoms with Gasteiger partial charge in [-0.05, 0) is 25.6 Å². The van der Waals surface area contributed by atoms with Crippen molar-refractivity contribution in [1.82, 2.24) is 10.3 Å². The number of rotatable bonds is 4. The first-order chi connectivity index (χ1) is 8.85. The van der Waals surface area contributed by atoms with Gasteiger partial charge in [-0.2, -0.15) is 0 Å². The summed E-state index contributed by atoms with van der Waals surface area (Å²) in [6.07, 6.45) is 0.801. The molecule has 0 radical (unpaired) electrons. The van der Waals surface area contributed by atoms with Crippen LogP contribution in [0.3, 0.4) is 0 Å². The van der Waals surface area contributed by atoms with Crippen LogP contribution in [0.15, 0.2) is 36.4 Å². The standard InChI is InChI=1S/C16H18N2/c1-3-5-9-15(17-4-2)16-12-11-13-8-6-7-10-14(13)18-16/h6-8,10-12,15,17H,4,9H2,1-2H3. The highest BCUT2D eigenvalue weighted by molar-refractivity contribution is 5.78. The molecule has 0 aliphatic heterocycles. The molecule has 0 saturated carbocycles. The fraction of sp³-hybridized carbons (Fsp3) is 0.312. The highest BCUT2D eigenvalue weighted by atomic mass is 14.9. The van der Waals surface area contributed by atoms with E-state index in [1.807, 2.05) is 25.1 Å². The van der Waals surface area contributed by atoms with E-state index in [4.69, 9.17) is 4.98 Å². The Morgan fingerprint density at radius 2 is 2.06 bits per heavy atom. The average Bonchev–Trinajstić information content (AvgIpc) is 2.43. The summed E-state index contributed by atoms with van der Waals surface area (Å²) in [6.45, 7) is 4.90. The number of fused-ring (bicyclic) bond motifs is 1. The van der Waals surface area contributed by atoms with Crippen molar-refractivity contribution < 1.29 is 0 Å². The van der Waals surface area contributed by atoms with Gasteiger partial charge in [0.15, 0.2) is 0 Å². The second kappa shape index (κ2) is 6.18. The normalized spacial score (nSPS) is 11.9. The van der Waals surface area contributed by atoms with Crippen molar-refractivity contribution in [1.29, 1.82) is 0 Å². The lowest BCUT2D eigenvalue weighted by Gasteiger charge is -2.15. The molecule has 2 heteroatoms. The molecule has 0 fully saturated rings. The van der Waals surface area contributed by atoms with Crippen LogP contribution in [0, 0.1) is 11.8 Å². The zero-order chi connectivity index (χ0) is 12.8. The van der Waals surface area contributed by atoms with Crippen molar-refractivity contribution in [3.63, 3.8) is 0 Å². The highest BCUT2D eigenvalue weighted by Crippen LogP contribution is 2.18. The van der Waals surface area contributed by atoms with E-state index in [9.17, 15) is 0 Å². The van der Waals surface area contributed by atoms with Crippen LogP contribution in [-0.2, 0) is 0 Å². The predicted octanol–water partition coefficient (Wildman–Crippen LogP) is 3.30. The molecular weight excluding hydrogens is 220 g/mol. The van der Waals surface area contributed by atoms with Crippen LogP contribution in [-0.4, -0.2) is 11.5 Å². The summed E-state index contributed by atoms with van der Waals surface area (Å²) >= 11 is 0. The Bertz CT molecular complexity index is 578. The number of hydrogen-bond acceptors (Lipinski definition) is 2. The summed E-state index contributed by atoms with van der Waals surface area (Å²) in [6, 6.07) is 12.6. The second-order valence-corrected chi connectivity index (χ2v) is 4.17. The Labute approximate surface area is 108 Å². The topological polar surface area (TPSA) is 24.9 Å². The van der Waals surface area contributed by atoms with Crippen molar-refractivity contribution >= 4 is 10.9 Å². The molecule has 2 rings (SSSR count). The SMILES string of the molecule is CC#CCC(NCC)c1ccc2ccccc2n1. The van der Waals surface area contributed by atoms with E-state index >= 15 is 0 Å². The minimum atomic E-state index is 0.215. The molecule has 0 aliphatic carbocycles. The summed E-state index contributed by atoms with van der Waals surface area (Å²) in [7, 11) is 0. The van der Waals surface area contributed by atoms with Gasteiger partial charge in [0.25, 0.3) is 0 Å². The van der Waals surface area contributed by atoms with Gasteiger partial charge in [-0.15, -0.1) is 11.8 Å². The molecule has 1 atom stereocenters. The monoisotopic (exact) mass is 238 g/mol. The van der Waals surface area contributed by atoms with Gasteiger partial charge < -0.3 is 5.32 Å². The molecule has 0 bridgehead atoms. The van der Waals surface area contributed by atoms with E-state index in [1.165, 1.54) is 5.39 Å². The molecule has 0 spiro atoms. The largest absolute Gasteiger partial charge is 0.308 e. The molecule has 1 N–H and O–H groups in total. The van der Waals surface area contributed by atoms with Gasteiger partial charge in [0.2, 0.25) is 0 Å². The molecule has 1 aromatic heterocycles. The van der Waals surface area contributed by atoms with E-state index in [0.717, 1.165) is 24.2 Å². The molecule has 0 saturated heterocycles. The van der Waals surface area contributed by atoms with Crippen molar-refractivity contribution in [2.24, 2.45) is 0 Å². The number of para-hydroxylation sites is 1. The van der Waals surface area contributed by atoms with Crippen LogP contribution in [0.1, 0.15) is 32.0 Å². The third kappa shape index (κ3) is 2.88. The maximum absolute atomic E-state index is 4.72. The molecule has 1 aromatic carbocycles. The first kappa shape index (κ1) is 12.6. The predicted molar refractivity (Wildman–Crippen MR) is 76.2 cm³/mol. The lowest BCUT2D eigenvalue weighted by atomic mass is 10.1. The molecule has 18 heavy (non-hydrogen) atoms. The molecule has 1 unspecified atom stereocenters. The third-order valence-electron chi connectivity index (χ3n) is 2.91. The fourth-order valence-corrected chi connectivity index (χ4v) is 2.01. The number of hydrogen-bond donors (Lipinski definition) is 1. The lowest BCUT2D eigenvalue weighted by molar-refractivity contribution is 0.553. The zero-order valence-electron chi connectivity index (χ0n) is 10.9. The van der Waals surface area contributed by atoms with E-state index in [2.05, 4.69) is 42.3 Å². The molecule has 92 valence electrons. The van der Waals surface area contributed by atoms with Crippen molar-refractivity contribution in [3.05, 3.63) is 42.1 Å². The Hall–Kier alpha value is -1.85. The van der Waals surface area contributed by atoms with Gasteiger partial charge in [-0.3, -0.25) is 4.98 Å². The minimum Gasteiger partial charge on any atom is -0.308 e. The second-order valence-electron chi connectivity index (χ2n) is 4.17.